The van der Waals surface area contributed by atoms with Crippen LogP contribution in [0.15, 0.2) is 22.9 Å². The van der Waals surface area contributed by atoms with E-state index in [-0.39, 0.29) is 5.60 Å². The number of hydrogen-bond acceptors (Lipinski definition) is 3. The molecule has 0 aliphatic rings. The molecule has 0 fully saturated rings. The topological polar surface area (TPSA) is 34.1 Å². The quantitative estimate of drug-likeness (QED) is 0.895. The molecule has 84 valence electrons. The molecular formula is C11H17BrN2O. The van der Waals surface area contributed by atoms with E-state index in [2.05, 4.69) is 40.1 Å². The number of aromatic nitrogens is 1. The molecule has 0 bridgehead atoms. The van der Waals surface area contributed by atoms with Crippen LogP contribution in [-0.2, 0) is 4.74 Å². The molecule has 0 saturated heterocycles. The number of halogens is 1. The van der Waals surface area contributed by atoms with Crippen LogP contribution in [0, 0.1) is 0 Å². The molecule has 0 aliphatic carbocycles. The van der Waals surface area contributed by atoms with Crippen molar-refractivity contribution in [3.05, 3.63) is 22.9 Å². The van der Waals surface area contributed by atoms with Crippen molar-refractivity contribution in [1.82, 2.24) is 4.98 Å². The van der Waals surface area contributed by atoms with Crippen molar-refractivity contribution in [1.29, 1.82) is 0 Å². The molecule has 1 N–H and O–H groups in total. The van der Waals surface area contributed by atoms with Gasteiger partial charge in [-0.2, -0.15) is 0 Å². The highest BCUT2D eigenvalue weighted by Gasteiger charge is 2.16. The maximum Gasteiger partial charge on any atom is 0.0797 e. The van der Waals surface area contributed by atoms with E-state index >= 15 is 0 Å². The third-order valence-electron chi connectivity index (χ3n) is 1.96. The number of nitrogens with one attached hydrogen (secondary N) is 1. The van der Waals surface area contributed by atoms with Gasteiger partial charge in [0.15, 0.2) is 0 Å². The van der Waals surface area contributed by atoms with Crippen LogP contribution in [0.2, 0.25) is 0 Å². The Hall–Kier alpha value is -0.610. The van der Waals surface area contributed by atoms with Gasteiger partial charge in [-0.15, -0.1) is 0 Å². The molecule has 1 aromatic rings. The third kappa shape index (κ3) is 4.62. The second kappa shape index (κ2) is 5.47. The fraction of sp³-hybridized carbons (Fsp3) is 0.545. The molecule has 0 saturated carbocycles. The lowest BCUT2D eigenvalue weighted by atomic mass is 10.1. The number of anilines is 1. The van der Waals surface area contributed by atoms with Crippen molar-refractivity contribution in [2.45, 2.75) is 26.4 Å². The molecule has 1 rings (SSSR count). The van der Waals surface area contributed by atoms with Crippen LogP contribution < -0.4 is 5.32 Å². The zero-order chi connectivity index (χ0) is 11.3. The molecule has 0 radical (unpaired) electrons. The van der Waals surface area contributed by atoms with Gasteiger partial charge in [0.2, 0.25) is 0 Å². The zero-order valence-corrected chi connectivity index (χ0v) is 11.0. The van der Waals surface area contributed by atoms with Crippen LogP contribution >= 0.6 is 15.9 Å². The van der Waals surface area contributed by atoms with Gasteiger partial charge in [0.05, 0.1) is 17.5 Å². The monoisotopic (exact) mass is 272 g/mol. The van der Waals surface area contributed by atoms with Crippen LogP contribution in [0.4, 0.5) is 5.69 Å². The maximum atomic E-state index is 5.59. The average molecular weight is 273 g/mol. The summed E-state index contributed by atoms with van der Waals surface area (Å²) in [5.41, 5.74) is 0.842. The molecule has 1 aromatic heterocycles. The molecule has 0 aliphatic heterocycles. The zero-order valence-electron chi connectivity index (χ0n) is 9.38. The SMILES string of the molecule is CCOC(C)(C)CNc1cncc(Br)c1. The Labute approximate surface area is 99.4 Å². The fourth-order valence-electron chi connectivity index (χ4n) is 1.27. The van der Waals surface area contributed by atoms with E-state index in [1.807, 2.05) is 13.0 Å². The Bertz CT molecular complexity index is 315. The van der Waals surface area contributed by atoms with Gasteiger partial charge in [0.25, 0.3) is 0 Å². The summed E-state index contributed by atoms with van der Waals surface area (Å²) in [6.07, 6.45) is 3.56. The van der Waals surface area contributed by atoms with Crippen molar-refractivity contribution in [3.8, 4) is 0 Å². The smallest absolute Gasteiger partial charge is 0.0797 e. The van der Waals surface area contributed by atoms with E-state index in [1.165, 1.54) is 0 Å². The summed E-state index contributed by atoms with van der Waals surface area (Å²) in [5.74, 6) is 0. The first-order chi connectivity index (χ1) is 7.03. The summed E-state index contributed by atoms with van der Waals surface area (Å²) in [6, 6.07) is 2.00. The van der Waals surface area contributed by atoms with Gasteiger partial charge < -0.3 is 10.1 Å². The predicted octanol–water partition coefficient (Wildman–Crippen LogP) is 3.07. The Morgan fingerprint density at radius 1 is 1.47 bits per heavy atom. The van der Waals surface area contributed by atoms with Crippen molar-refractivity contribution in [2.75, 3.05) is 18.5 Å². The minimum Gasteiger partial charge on any atom is -0.381 e. The molecule has 1 heterocycles. The largest absolute Gasteiger partial charge is 0.381 e. The summed E-state index contributed by atoms with van der Waals surface area (Å²) >= 11 is 3.38. The van der Waals surface area contributed by atoms with E-state index in [0.717, 1.165) is 23.3 Å². The second-order valence-electron chi connectivity index (χ2n) is 3.94. The number of hydrogen-bond donors (Lipinski definition) is 1. The summed E-state index contributed by atoms with van der Waals surface area (Å²) in [6.45, 7) is 7.62. The van der Waals surface area contributed by atoms with Crippen LogP contribution in [0.5, 0.6) is 0 Å². The Kier molecular flexibility index (Phi) is 4.54. The lowest BCUT2D eigenvalue weighted by Gasteiger charge is -2.25. The molecule has 0 amide bonds. The summed E-state index contributed by atoms with van der Waals surface area (Å²) in [7, 11) is 0. The summed E-state index contributed by atoms with van der Waals surface area (Å²) < 4.78 is 6.56. The highest BCUT2D eigenvalue weighted by Crippen LogP contribution is 2.15. The Morgan fingerprint density at radius 3 is 2.80 bits per heavy atom. The van der Waals surface area contributed by atoms with Crippen molar-refractivity contribution in [2.24, 2.45) is 0 Å². The molecule has 0 spiro atoms. The van der Waals surface area contributed by atoms with Gasteiger partial charge in [0, 0.05) is 23.8 Å². The molecular weight excluding hydrogens is 256 g/mol. The molecule has 3 nitrogen and oxygen atoms in total. The van der Waals surface area contributed by atoms with Crippen LogP contribution in [0.1, 0.15) is 20.8 Å². The van der Waals surface area contributed by atoms with Gasteiger partial charge in [-0.05, 0) is 42.8 Å². The normalized spacial score (nSPS) is 11.5. The van der Waals surface area contributed by atoms with Gasteiger partial charge in [-0.1, -0.05) is 0 Å². The van der Waals surface area contributed by atoms with E-state index in [1.54, 1.807) is 12.4 Å². The molecule has 0 aromatic carbocycles. The lowest BCUT2D eigenvalue weighted by Crippen LogP contribution is -2.33. The van der Waals surface area contributed by atoms with Gasteiger partial charge in [0.1, 0.15) is 0 Å². The number of rotatable bonds is 5. The Morgan fingerprint density at radius 2 is 2.20 bits per heavy atom. The van der Waals surface area contributed by atoms with E-state index in [0.29, 0.717) is 0 Å². The first-order valence-corrected chi connectivity index (χ1v) is 5.81. The van der Waals surface area contributed by atoms with E-state index in [4.69, 9.17) is 4.74 Å². The fourth-order valence-corrected chi connectivity index (χ4v) is 1.63. The predicted molar refractivity (Wildman–Crippen MR) is 66.1 cm³/mol. The van der Waals surface area contributed by atoms with Crippen LogP contribution in [-0.4, -0.2) is 23.7 Å². The lowest BCUT2D eigenvalue weighted by molar-refractivity contribution is 0.000695. The van der Waals surface area contributed by atoms with Gasteiger partial charge in [-0.3, -0.25) is 4.98 Å². The van der Waals surface area contributed by atoms with Crippen LogP contribution in [0.3, 0.4) is 0 Å². The number of pyridine rings is 1. The second-order valence-corrected chi connectivity index (χ2v) is 4.85. The first kappa shape index (κ1) is 12.5. The van der Waals surface area contributed by atoms with E-state index < -0.39 is 0 Å². The number of ether oxygens (including phenoxy) is 1. The molecule has 0 unspecified atom stereocenters. The minimum atomic E-state index is -0.156. The summed E-state index contributed by atoms with van der Waals surface area (Å²) in [4.78, 5) is 4.08. The highest BCUT2D eigenvalue weighted by molar-refractivity contribution is 9.10. The Balaban J connectivity index is 2.49. The molecule has 4 heteroatoms. The molecule has 15 heavy (non-hydrogen) atoms. The maximum absolute atomic E-state index is 5.59. The van der Waals surface area contributed by atoms with Crippen molar-refractivity contribution in [3.63, 3.8) is 0 Å². The average Bonchev–Trinajstić information content (AvgIpc) is 2.15. The minimum absolute atomic E-state index is 0.156. The van der Waals surface area contributed by atoms with Crippen LogP contribution in [0.25, 0.3) is 0 Å². The van der Waals surface area contributed by atoms with Gasteiger partial charge in [-0.25, -0.2) is 0 Å². The van der Waals surface area contributed by atoms with Gasteiger partial charge >= 0.3 is 0 Å². The van der Waals surface area contributed by atoms with E-state index in [9.17, 15) is 0 Å². The third-order valence-corrected chi connectivity index (χ3v) is 2.39. The first-order valence-electron chi connectivity index (χ1n) is 5.02. The molecule has 0 atom stereocenters. The number of nitrogens with zero attached hydrogens (tertiary/aromatic N) is 1. The van der Waals surface area contributed by atoms with Crippen molar-refractivity contribution >= 4 is 21.6 Å². The highest BCUT2D eigenvalue weighted by atomic mass is 79.9. The summed E-state index contributed by atoms with van der Waals surface area (Å²) in [5, 5.41) is 3.29. The van der Waals surface area contributed by atoms with Crippen molar-refractivity contribution < 1.29 is 4.74 Å². The standard InChI is InChI=1S/C11H17BrN2O/c1-4-15-11(2,3)8-14-10-5-9(12)6-13-7-10/h5-7,14H,4,8H2,1-3H3.